The predicted octanol–water partition coefficient (Wildman–Crippen LogP) is 2.85. The maximum atomic E-state index is 4.96. The van der Waals surface area contributed by atoms with Gasteiger partial charge in [0.15, 0.2) is 0 Å². The van der Waals surface area contributed by atoms with Gasteiger partial charge in [-0.15, -0.1) is 0 Å². The van der Waals surface area contributed by atoms with Crippen molar-refractivity contribution >= 4 is 21.9 Å². The minimum Gasteiger partial charge on any atom is -0.341 e. The summed E-state index contributed by atoms with van der Waals surface area (Å²) in [4.78, 5) is 4.17. The number of aromatic nitrogens is 2. The minimum atomic E-state index is 0.414. The van der Waals surface area contributed by atoms with Crippen LogP contribution in [0.5, 0.6) is 0 Å². The van der Waals surface area contributed by atoms with E-state index in [9.17, 15) is 0 Å². The maximum absolute atomic E-state index is 4.96. The Bertz CT molecular complexity index is 481. The van der Waals surface area contributed by atoms with Crippen LogP contribution in [0.25, 0.3) is 11.4 Å². The van der Waals surface area contributed by atoms with Crippen molar-refractivity contribution in [3.63, 3.8) is 0 Å². The SMILES string of the molecule is CNc1nc(-c2ccc(C)cc2Br)no1. The molecule has 0 fully saturated rings. The quantitative estimate of drug-likeness (QED) is 0.909. The second kappa shape index (κ2) is 4.02. The minimum absolute atomic E-state index is 0.414. The van der Waals surface area contributed by atoms with Crippen LogP contribution < -0.4 is 5.32 Å². The molecule has 0 unspecified atom stereocenters. The third kappa shape index (κ3) is 2.02. The lowest BCUT2D eigenvalue weighted by molar-refractivity contribution is 0.434. The molecule has 0 aliphatic heterocycles. The smallest absolute Gasteiger partial charge is 0.321 e. The largest absolute Gasteiger partial charge is 0.341 e. The van der Waals surface area contributed by atoms with E-state index >= 15 is 0 Å². The van der Waals surface area contributed by atoms with Crippen LogP contribution in [-0.2, 0) is 0 Å². The molecule has 0 amide bonds. The second-order valence-corrected chi connectivity index (χ2v) is 4.01. The first kappa shape index (κ1) is 10.2. The molecule has 0 saturated heterocycles. The van der Waals surface area contributed by atoms with Crippen LogP contribution in [0.4, 0.5) is 6.01 Å². The molecule has 4 nitrogen and oxygen atoms in total. The Morgan fingerprint density at radius 2 is 2.20 bits per heavy atom. The molecular formula is C10H10BrN3O. The van der Waals surface area contributed by atoms with Gasteiger partial charge < -0.3 is 9.84 Å². The zero-order valence-corrected chi connectivity index (χ0v) is 10.00. The van der Waals surface area contributed by atoms with Crippen LogP contribution in [0, 0.1) is 6.92 Å². The van der Waals surface area contributed by atoms with Crippen molar-refractivity contribution in [1.82, 2.24) is 10.1 Å². The Morgan fingerprint density at radius 3 is 2.80 bits per heavy atom. The van der Waals surface area contributed by atoms with E-state index in [1.54, 1.807) is 7.05 Å². The second-order valence-electron chi connectivity index (χ2n) is 3.16. The van der Waals surface area contributed by atoms with Gasteiger partial charge in [0.1, 0.15) is 0 Å². The van der Waals surface area contributed by atoms with Crippen molar-refractivity contribution in [2.75, 3.05) is 12.4 Å². The van der Waals surface area contributed by atoms with Gasteiger partial charge in [-0.2, -0.15) is 4.98 Å². The van der Waals surface area contributed by atoms with E-state index in [-0.39, 0.29) is 0 Å². The number of nitrogens with one attached hydrogen (secondary N) is 1. The number of anilines is 1. The van der Waals surface area contributed by atoms with Gasteiger partial charge >= 0.3 is 6.01 Å². The van der Waals surface area contributed by atoms with E-state index in [0.29, 0.717) is 11.8 Å². The number of aryl methyl sites for hydroxylation is 1. The van der Waals surface area contributed by atoms with Crippen LogP contribution in [0.3, 0.4) is 0 Å². The normalized spacial score (nSPS) is 10.3. The monoisotopic (exact) mass is 267 g/mol. The zero-order valence-electron chi connectivity index (χ0n) is 8.41. The van der Waals surface area contributed by atoms with Crippen LogP contribution in [0.2, 0.25) is 0 Å². The van der Waals surface area contributed by atoms with Crippen molar-refractivity contribution in [3.05, 3.63) is 28.2 Å². The summed E-state index contributed by atoms with van der Waals surface area (Å²) in [6, 6.07) is 6.40. The van der Waals surface area contributed by atoms with Gasteiger partial charge in [-0.3, -0.25) is 0 Å². The summed E-state index contributed by atoms with van der Waals surface area (Å²) in [6.45, 7) is 2.03. The first-order chi connectivity index (χ1) is 7.20. The molecule has 2 rings (SSSR count). The van der Waals surface area contributed by atoms with Crippen molar-refractivity contribution < 1.29 is 4.52 Å². The summed E-state index contributed by atoms with van der Waals surface area (Å²) in [6.07, 6.45) is 0. The molecule has 1 aromatic carbocycles. The van der Waals surface area contributed by atoms with Gasteiger partial charge in [0, 0.05) is 17.1 Å². The molecule has 78 valence electrons. The van der Waals surface area contributed by atoms with Gasteiger partial charge in [-0.05, 0) is 24.6 Å². The Morgan fingerprint density at radius 1 is 1.40 bits per heavy atom. The van der Waals surface area contributed by atoms with Crippen molar-refractivity contribution in [3.8, 4) is 11.4 Å². The van der Waals surface area contributed by atoms with E-state index in [1.807, 2.05) is 25.1 Å². The van der Waals surface area contributed by atoms with Gasteiger partial charge in [0.25, 0.3) is 0 Å². The molecule has 1 heterocycles. The Hall–Kier alpha value is -1.36. The molecule has 0 saturated carbocycles. The highest BCUT2D eigenvalue weighted by Gasteiger charge is 2.10. The van der Waals surface area contributed by atoms with Crippen molar-refractivity contribution in [2.24, 2.45) is 0 Å². The summed E-state index contributed by atoms with van der Waals surface area (Å²) in [5.74, 6) is 0.575. The molecular weight excluding hydrogens is 258 g/mol. The Balaban J connectivity index is 2.44. The molecule has 0 spiro atoms. The molecule has 0 aliphatic carbocycles. The number of nitrogens with zero attached hydrogens (tertiary/aromatic N) is 2. The lowest BCUT2D eigenvalue weighted by Gasteiger charge is -1.99. The fraction of sp³-hybridized carbons (Fsp3) is 0.200. The van der Waals surface area contributed by atoms with Crippen molar-refractivity contribution in [2.45, 2.75) is 6.92 Å². The fourth-order valence-electron chi connectivity index (χ4n) is 1.24. The third-order valence-corrected chi connectivity index (χ3v) is 2.66. The molecule has 0 aliphatic rings. The number of hydrogen-bond donors (Lipinski definition) is 1. The highest BCUT2D eigenvalue weighted by Crippen LogP contribution is 2.27. The fourth-order valence-corrected chi connectivity index (χ4v) is 1.91. The molecule has 1 aromatic heterocycles. The molecule has 0 atom stereocenters. The summed E-state index contributed by atoms with van der Waals surface area (Å²) in [7, 11) is 1.74. The summed E-state index contributed by atoms with van der Waals surface area (Å²) < 4.78 is 5.92. The predicted molar refractivity (Wildman–Crippen MR) is 61.7 cm³/mol. The number of halogens is 1. The summed E-state index contributed by atoms with van der Waals surface area (Å²) in [5.41, 5.74) is 2.11. The zero-order chi connectivity index (χ0) is 10.8. The summed E-state index contributed by atoms with van der Waals surface area (Å²) in [5, 5.41) is 6.66. The van der Waals surface area contributed by atoms with E-state index in [4.69, 9.17) is 4.52 Å². The van der Waals surface area contributed by atoms with E-state index < -0.39 is 0 Å². The number of rotatable bonds is 2. The van der Waals surface area contributed by atoms with Crippen LogP contribution >= 0.6 is 15.9 Å². The molecule has 15 heavy (non-hydrogen) atoms. The molecule has 5 heteroatoms. The molecule has 2 aromatic rings. The molecule has 1 N–H and O–H groups in total. The lowest BCUT2D eigenvalue weighted by Crippen LogP contribution is -1.87. The maximum Gasteiger partial charge on any atom is 0.321 e. The van der Waals surface area contributed by atoms with Gasteiger partial charge in [-0.25, -0.2) is 0 Å². The first-order valence-corrected chi connectivity index (χ1v) is 5.28. The van der Waals surface area contributed by atoms with Crippen molar-refractivity contribution in [1.29, 1.82) is 0 Å². The highest BCUT2D eigenvalue weighted by atomic mass is 79.9. The van der Waals surface area contributed by atoms with Crippen LogP contribution in [-0.4, -0.2) is 17.2 Å². The average Bonchev–Trinajstić information content (AvgIpc) is 2.66. The highest BCUT2D eigenvalue weighted by molar-refractivity contribution is 9.10. The Labute approximate surface area is 95.8 Å². The van der Waals surface area contributed by atoms with Gasteiger partial charge in [0.05, 0.1) is 0 Å². The van der Waals surface area contributed by atoms with Crippen LogP contribution in [0.15, 0.2) is 27.2 Å². The van der Waals surface area contributed by atoms with Gasteiger partial charge in [-0.1, -0.05) is 27.2 Å². The Kier molecular flexibility index (Phi) is 2.73. The topological polar surface area (TPSA) is 51.0 Å². The standard InChI is InChI=1S/C10H10BrN3O/c1-6-3-4-7(8(11)5-6)9-13-10(12-2)15-14-9/h3-5H,1-2H3,(H,12,13,14). The average molecular weight is 268 g/mol. The first-order valence-electron chi connectivity index (χ1n) is 4.48. The van der Waals surface area contributed by atoms with E-state index in [0.717, 1.165) is 10.0 Å². The number of hydrogen-bond acceptors (Lipinski definition) is 4. The lowest BCUT2D eigenvalue weighted by atomic mass is 10.1. The van der Waals surface area contributed by atoms with E-state index in [2.05, 4.69) is 31.4 Å². The van der Waals surface area contributed by atoms with Crippen LogP contribution in [0.1, 0.15) is 5.56 Å². The van der Waals surface area contributed by atoms with Gasteiger partial charge in [0.2, 0.25) is 5.82 Å². The molecule has 0 radical (unpaired) electrons. The number of benzene rings is 1. The van der Waals surface area contributed by atoms with E-state index in [1.165, 1.54) is 5.56 Å². The third-order valence-electron chi connectivity index (χ3n) is 2.01. The summed E-state index contributed by atoms with van der Waals surface area (Å²) >= 11 is 3.47. The molecule has 0 bridgehead atoms.